The molecule has 6 rings (SSSR count). The Bertz CT molecular complexity index is 3470. The quantitative estimate of drug-likeness (QED) is 0.107. The maximum absolute atomic E-state index is 13.0. The average Bonchev–Trinajstić information content (AvgIpc) is 0.843. The van der Waals surface area contributed by atoms with Crippen LogP contribution < -0.4 is 14.7 Å². The Balaban J connectivity index is 0.000000630. The van der Waals surface area contributed by atoms with E-state index < -0.39 is 70.4 Å². The minimum atomic E-state index is -4.29. The Morgan fingerprint density at radius 3 is 0.829 bits per heavy atom. The van der Waals surface area contributed by atoms with E-state index in [1.165, 1.54) is 60.7 Å². The van der Waals surface area contributed by atoms with E-state index in [9.17, 15) is 79.0 Å². The van der Waals surface area contributed by atoms with Gasteiger partial charge in [0.15, 0.2) is 0 Å². The van der Waals surface area contributed by atoms with Gasteiger partial charge in [-0.25, -0.2) is 0 Å². The third kappa shape index (κ3) is 32.8. The first-order valence-corrected chi connectivity index (χ1v) is 34.6. The summed E-state index contributed by atoms with van der Waals surface area (Å²) < 4.78 is 228. The van der Waals surface area contributed by atoms with Gasteiger partial charge in [-0.05, 0) is 281 Å². The number of hydrogen-bond donors (Lipinski definition) is 0. The summed E-state index contributed by atoms with van der Waals surface area (Å²) in [6, 6.07) is 33.6. The number of nitrogens with zero attached hydrogens (tertiary/aromatic N) is 6. The van der Waals surface area contributed by atoms with Gasteiger partial charge in [-0.1, -0.05) is 61.5 Å². The van der Waals surface area contributed by atoms with Gasteiger partial charge in [0, 0.05) is 95.6 Å². The first-order valence-electron chi connectivity index (χ1n) is 34.6. The van der Waals surface area contributed by atoms with Gasteiger partial charge < -0.3 is 14.7 Å². The molecular formula is C81H114F18N6. The van der Waals surface area contributed by atoms with Crippen molar-refractivity contribution in [3.05, 3.63) is 196 Å². The molecule has 0 unspecified atom stereocenters. The third-order valence-corrected chi connectivity index (χ3v) is 17.0. The zero-order chi connectivity index (χ0) is 82.1. The summed E-state index contributed by atoms with van der Waals surface area (Å²) in [7, 11) is 3.69. The highest BCUT2D eigenvalue weighted by molar-refractivity contribution is 5.52. The lowest BCUT2D eigenvalue weighted by molar-refractivity contribution is -0.139. The van der Waals surface area contributed by atoms with Gasteiger partial charge in [0.1, 0.15) is 0 Å². The van der Waals surface area contributed by atoms with Crippen molar-refractivity contribution in [3.8, 4) is 0 Å². The van der Waals surface area contributed by atoms with Crippen LogP contribution in [-0.2, 0) is 56.7 Å². The van der Waals surface area contributed by atoms with E-state index in [-0.39, 0.29) is 45.3 Å². The normalized spacial score (nSPS) is 13.0. The molecule has 0 bridgehead atoms. The predicted octanol–water partition coefficient (Wildman–Crippen LogP) is 26.0. The van der Waals surface area contributed by atoms with Crippen LogP contribution in [-0.4, -0.2) is 87.2 Å². The van der Waals surface area contributed by atoms with Crippen LogP contribution in [0.5, 0.6) is 0 Å². The molecule has 0 amide bonds. The summed E-state index contributed by atoms with van der Waals surface area (Å²) in [6.45, 7) is 50.7. The summed E-state index contributed by atoms with van der Waals surface area (Å²) in [5, 5.41) is 0. The van der Waals surface area contributed by atoms with Crippen molar-refractivity contribution in [2.24, 2.45) is 0 Å². The average molecular weight is 1510 g/mol. The molecule has 0 spiro atoms. The highest BCUT2D eigenvalue weighted by Gasteiger charge is 2.39. The van der Waals surface area contributed by atoms with Gasteiger partial charge in [-0.3, -0.25) is 14.7 Å². The maximum atomic E-state index is 13.0. The Kier molecular flexibility index (Phi) is 34.8. The van der Waals surface area contributed by atoms with Crippen molar-refractivity contribution in [1.82, 2.24) is 14.7 Å². The molecule has 6 aromatic rings. The fraction of sp³-hybridized carbons (Fsp3) is 0.556. The second kappa shape index (κ2) is 37.9. The van der Waals surface area contributed by atoms with Crippen molar-refractivity contribution < 1.29 is 79.0 Å². The largest absolute Gasteiger partial charge is 0.416 e. The number of hydrogen-bond acceptors (Lipinski definition) is 6. The molecule has 6 nitrogen and oxygen atoms in total. The molecule has 0 N–H and O–H groups in total. The van der Waals surface area contributed by atoms with E-state index in [1.807, 2.05) is 195 Å². The molecule has 0 saturated carbocycles. The lowest BCUT2D eigenvalue weighted by Crippen LogP contribution is -2.46. The number of benzene rings is 6. The first-order chi connectivity index (χ1) is 47.1. The van der Waals surface area contributed by atoms with Crippen molar-refractivity contribution in [2.75, 3.05) is 41.9 Å². The van der Waals surface area contributed by atoms with Crippen LogP contribution >= 0.6 is 0 Å². The Labute approximate surface area is 614 Å². The minimum absolute atomic E-state index is 0.103. The van der Waals surface area contributed by atoms with Crippen molar-refractivity contribution in [2.45, 2.75) is 268 Å². The lowest BCUT2D eigenvalue weighted by Gasteiger charge is -2.41. The summed E-state index contributed by atoms with van der Waals surface area (Å²) >= 11 is 0. The summed E-state index contributed by atoms with van der Waals surface area (Å²) in [5.74, 6) is 0. The Morgan fingerprint density at radius 1 is 0.286 bits per heavy atom. The van der Waals surface area contributed by atoms with Gasteiger partial charge in [-0.2, -0.15) is 79.0 Å². The topological polar surface area (TPSA) is 19.4 Å². The van der Waals surface area contributed by atoms with Crippen LogP contribution in [0.1, 0.15) is 216 Å². The zero-order valence-corrected chi connectivity index (χ0v) is 66.0. The van der Waals surface area contributed by atoms with E-state index in [4.69, 9.17) is 0 Å². The lowest BCUT2D eigenvalue weighted by atomic mass is 10.00. The molecule has 0 radical (unpaired) electrons. The van der Waals surface area contributed by atoms with Crippen molar-refractivity contribution >= 4 is 17.1 Å². The van der Waals surface area contributed by atoms with E-state index in [1.54, 1.807) is 30.3 Å². The Morgan fingerprint density at radius 2 is 0.590 bits per heavy atom. The summed E-state index contributed by atoms with van der Waals surface area (Å²) in [4.78, 5) is 12.1. The number of anilines is 3. The van der Waals surface area contributed by atoms with Gasteiger partial charge in [0.05, 0.1) is 33.4 Å². The monoisotopic (exact) mass is 1510 g/mol. The number of alkyl halides is 18. The minimum Gasteiger partial charge on any atom is -0.370 e. The molecular weight excluding hydrogens is 1400 g/mol. The molecule has 0 aliphatic rings. The predicted molar refractivity (Wildman–Crippen MR) is 394 cm³/mol. The fourth-order valence-corrected chi connectivity index (χ4v) is 11.1. The molecule has 0 aliphatic carbocycles. The van der Waals surface area contributed by atoms with Crippen LogP contribution in [0, 0.1) is 0 Å². The molecule has 0 heterocycles. The van der Waals surface area contributed by atoms with Crippen LogP contribution in [0.2, 0.25) is 0 Å². The second-order valence-electron chi connectivity index (χ2n) is 32.0. The number of halogens is 18. The summed E-state index contributed by atoms with van der Waals surface area (Å²) in [6.07, 6.45) is -25.7. The van der Waals surface area contributed by atoms with Crippen molar-refractivity contribution in [3.63, 3.8) is 0 Å². The molecule has 0 aromatic heterocycles. The standard InChI is InChI=1S/C15H22F3N.2C14H20F3N.2C13H18F3N.C12H16F3N/c1-11(2)19(14(3,4)5)10-12-8-6-7-9-13(12)15(16,17)18;1-10(2)18(13(3,4)5)12-8-6-11(7-9-12)14(15,16)17;1-5-18(13(2,3)4)10-11-8-6-7-9-12(11)14(15,16)17;1-12(2,3)17(4)9-10-7-5-6-8-11(10)13(14,15)16;1-5-17(12(2,3)4)11-8-6-10(7-9-11)13(14,15)16;1-11(2,3)16(4)10-7-5-9(6-8-10)12(13,14)15/h6-9,11H,10H2,1-5H3;6-10H,1-5H3;6-9H,5,10H2,1-4H3;5-8H,9H2,1-4H3;6-9H,5H2,1-4H3;5-8H,1-4H3. The Hall–Kier alpha value is -6.66. The SMILES string of the molecule is CC(C)N(Cc1ccccc1C(F)(F)F)C(C)(C)C.CC(C)N(c1ccc(C(F)(F)F)cc1)C(C)(C)C.CCN(Cc1ccccc1C(F)(F)F)C(C)(C)C.CCN(c1ccc(C(F)(F)F)cc1)C(C)(C)C.CN(Cc1ccccc1C(F)(F)F)C(C)(C)C.CN(c1ccc(C(F)(F)F)cc1)C(C)(C)C. The second-order valence-corrected chi connectivity index (χ2v) is 32.0. The molecule has 24 heteroatoms. The number of rotatable bonds is 13. The van der Waals surface area contributed by atoms with Crippen LogP contribution in [0.15, 0.2) is 146 Å². The zero-order valence-electron chi connectivity index (χ0n) is 66.0. The van der Waals surface area contributed by atoms with E-state index >= 15 is 0 Å². The van der Waals surface area contributed by atoms with E-state index in [0.29, 0.717) is 36.3 Å². The fourth-order valence-electron chi connectivity index (χ4n) is 11.1. The van der Waals surface area contributed by atoms with Gasteiger partial charge in [-0.15, -0.1) is 0 Å². The van der Waals surface area contributed by atoms with Gasteiger partial charge in [0.25, 0.3) is 0 Å². The molecule has 0 saturated heterocycles. The van der Waals surface area contributed by atoms with Crippen LogP contribution in [0.4, 0.5) is 96.1 Å². The first kappa shape index (κ1) is 96.4. The smallest absolute Gasteiger partial charge is 0.370 e. The van der Waals surface area contributed by atoms with Gasteiger partial charge in [0.2, 0.25) is 0 Å². The van der Waals surface area contributed by atoms with Gasteiger partial charge >= 0.3 is 37.1 Å². The van der Waals surface area contributed by atoms with E-state index in [2.05, 4.69) is 14.7 Å². The molecule has 0 aliphatic heterocycles. The van der Waals surface area contributed by atoms with Crippen LogP contribution in [0.25, 0.3) is 0 Å². The maximum Gasteiger partial charge on any atom is 0.416 e. The molecule has 0 atom stereocenters. The van der Waals surface area contributed by atoms with E-state index in [0.717, 1.165) is 84.7 Å². The molecule has 594 valence electrons. The third-order valence-electron chi connectivity index (χ3n) is 17.0. The molecule has 6 aromatic carbocycles. The molecule has 0 fully saturated rings. The van der Waals surface area contributed by atoms with Crippen LogP contribution in [0.3, 0.4) is 0 Å². The van der Waals surface area contributed by atoms with Crippen molar-refractivity contribution in [1.29, 1.82) is 0 Å². The highest BCUT2D eigenvalue weighted by atomic mass is 19.4. The summed E-state index contributed by atoms with van der Waals surface area (Å²) in [5.41, 5.74) is -0.875. The molecule has 105 heavy (non-hydrogen) atoms. The highest BCUT2D eigenvalue weighted by Crippen LogP contribution is 2.39.